The summed E-state index contributed by atoms with van der Waals surface area (Å²) >= 11 is 0. The maximum absolute atomic E-state index is 12.8. The van der Waals surface area contributed by atoms with E-state index in [0.29, 0.717) is 25.4 Å². The second kappa shape index (κ2) is 12.5. The summed E-state index contributed by atoms with van der Waals surface area (Å²) < 4.78 is 18.3. The number of hydrogen-bond acceptors (Lipinski definition) is 5. The lowest BCUT2D eigenvalue weighted by molar-refractivity contribution is -0.138. The molecule has 0 spiro atoms. The number of nitrogens with one attached hydrogen (secondary N) is 1. The van der Waals surface area contributed by atoms with E-state index in [0.717, 1.165) is 32.4 Å². The lowest BCUT2D eigenvalue weighted by Gasteiger charge is -2.25. The first-order valence-electron chi connectivity index (χ1n) is 9.23. The molecule has 1 saturated heterocycles. The van der Waals surface area contributed by atoms with Gasteiger partial charge in [0.1, 0.15) is 18.2 Å². The second-order valence-electron chi connectivity index (χ2n) is 6.82. The van der Waals surface area contributed by atoms with Crippen LogP contribution in [0.3, 0.4) is 0 Å². The van der Waals surface area contributed by atoms with Gasteiger partial charge in [0.25, 0.3) is 0 Å². The van der Waals surface area contributed by atoms with Crippen molar-refractivity contribution in [1.29, 1.82) is 0 Å². The van der Waals surface area contributed by atoms with Gasteiger partial charge in [-0.25, -0.2) is 4.39 Å². The van der Waals surface area contributed by atoms with E-state index in [1.807, 2.05) is 11.9 Å². The van der Waals surface area contributed by atoms with Crippen molar-refractivity contribution >= 4 is 24.3 Å². The van der Waals surface area contributed by atoms with Gasteiger partial charge < -0.3 is 15.2 Å². The third-order valence-corrected chi connectivity index (χ3v) is 4.67. The molecule has 1 amide bonds. The van der Waals surface area contributed by atoms with Crippen LogP contribution in [0, 0.1) is 5.82 Å². The maximum Gasteiger partial charge on any atom is 0.317 e. The van der Waals surface area contributed by atoms with Gasteiger partial charge in [-0.3, -0.25) is 19.4 Å². The van der Waals surface area contributed by atoms with Crippen molar-refractivity contribution in [2.45, 2.75) is 25.3 Å². The molecule has 0 aliphatic carbocycles. The van der Waals surface area contributed by atoms with Crippen molar-refractivity contribution in [2.24, 2.45) is 0 Å². The van der Waals surface area contributed by atoms with Gasteiger partial charge in [-0.15, -0.1) is 12.4 Å². The van der Waals surface area contributed by atoms with E-state index >= 15 is 0 Å². The van der Waals surface area contributed by atoms with E-state index in [2.05, 4.69) is 10.2 Å². The molecule has 2 N–H and O–H groups in total. The molecule has 1 fully saturated rings. The summed E-state index contributed by atoms with van der Waals surface area (Å²) in [5, 5.41) is 11.7. The predicted molar refractivity (Wildman–Crippen MR) is 106 cm³/mol. The highest BCUT2D eigenvalue weighted by atomic mass is 35.5. The van der Waals surface area contributed by atoms with Crippen LogP contribution in [0.2, 0.25) is 0 Å². The fourth-order valence-corrected chi connectivity index (χ4v) is 3.23. The Bertz CT molecular complexity index is 618. The van der Waals surface area contributed by atoms with Gasteiger partial charge in [-0.05, 0) is 57.1 Å². The zero-order chi connectivity index (χ0) is 19.6. The van der Waals surface area contributed by atoms with Crippen molar-refractivity contribution in [2.75, 3.05) is 46.4 Å². The van der Waals surface area contributed by atoms with Crippen LogP contribution >= 0.6 is 12.4 Å². The quantitative estimate of drug-likeness (QED) is 0.594. The van der Waals surface area contributed by atoms with Gasteiger partial charge in [-0.2, -0.15) is 0 Å². The molecule has 1 aromatic carbocycles. The largest absolute Gasteiger partial charge is 0.492 e. The van der Waals surface area contributed by atoms with Crippen molar-refractivity contribution in [3.8, 4) is 5.75 Å². The molecule has 1 aliphatic heterocycles. The number of halogens is 2. The highest BCUT2D eigenvalue weighted by Crippen LogP contribution is 2.15. The summed E-state index contributed by atoms with van der Waals surface area (Å²) in [7, 11) is 1.84. The number of ether oxygens (including phenoxy) is 1. The standard InChI is InChI=1S/C19H28FN3O4.ClH/c1-22(14-19(25)26)16-3-2-10-23(11-8-16)13-18(24)21-9-12-27-17-6-4-15(20)5-7-17;/h4-7,16H,2-3,8-14H2,1H3,(H,21,24)(H,25,26);1H. The second-order valence-corrected chi connectivity index (χ2v) is 6.82. The summed E-state index contributed by atoms with van der Waals surface area (Å²) in [6.07, 6.45) is 2.73. The van der Waals surface area contributed by atoms with Gasteiger partial charge in [0, 0.05) is 12.6 Å². The number of benzene rings is 1. The van der Waals surface area contributed by atoms with Gasteiger partial charge in [0.05, 0.1) is 19.6 Å². The summed E-state index contributed by atoms with van der Waals surface area (Å²) in [5.74, 6) is -0.630. The fourth-order valence-electron chi connectivity index (χ4n) is 3.23. The number of aliphatic carboxylic acids is 1. The summed E-state index contributed by atoms with van der Waals surface area (Å²) in [5.41, 5.74) is 0. The fraction of sp³-hybridized carbons (Fsp3) is 0.579. The molecule has 1 aliphatic rings. The molecule has 1 aromatic rings. The highest BCUT2D eigenvalue weighted by Gasteiger charge is 2.22. The Morgan fingerprint density at radius 3 is 2.68 bits per heavy atom. The van der Waals surface area contributed by atoms with Crippen LogP contribution in [0.1, 0.15) is 19.3 Å². The minimum Gasteiger partial charge on any atom is -0.492 e. The molecule has 158 valence electrons. The molecule has 1 unspecified atom stereocenters. The number of likely N-dealkylation sites (tertiary alicyclic amines) is 1. The van der Waals surface area contributed by atoms with Crippen LogP contribution in [0.15, 0.2) is 24.3 Å². The van der Waals surface area contributed by atoms with Crippen LogP contribution in [0.4, 0.5) is 4.39 Å². The Kier molecular flexibility index (Phi) is 10.8. The van der Waals surface area contributed by atoms with Crippen LogP contribution in [-0.4, -0.2) is 79.2 Å². The van der Waals surface area contributed by atoms with Crippen LogP contribution in [0.25, 0.3) is 0 Å². The molecule has 2 rings (SSSR count). The van der Waals surface area contributed by atoms with Crippen molar-refractivity contribution < 1.29 is 23.8 Å². The number of amides is 1. The smallest absolute Gasteiger partial charge is 0.317 e. The number of carbonyl (C=O) groups excluding carboxylic acids is 1. The van der Waals surface area contributed by atoms with E-state index in [1.165, 1.54) is 12.1 Å². The lowest BCUT2D eigenvalue weighted by Crippen LogP contribution is -2.40. The monoisotopic (exact) mass is 417 g/mol. The number of carboxylic acids is 1. The first kappa shape index (κ1) is 24.1. The maximum atomic E-state index is 12.8. The number of carboxylic acid groups (broad SMARTS) is 1. The average Bonchev–Trinajstić information content (AvgIpc) is 2.85. The first-order chi connectivity index (χ1) is 12.9. The van der Waals surface area contributed by atoms with Crippen molar-refractivity contribution in [1.82, 2.24) is 15.1 Å². The number of rotatable bonds is 9. The van der Waals surface area contributed by atoms with Gasteiger partial charge in [-0.1, -0.05) is 0 Å². The Morgan fingerprint density at radius 2 is 2.00 bits per heavy atom. The molecule has 0 bridgehead atoms. The van der Waals surface area contributed by atoms with Crippen LogP contribution in [-0.2, 0) is 9.59 Å². The minimum absolute atomic E-state index is 0. The minimum atomic E-state index is -0.819. The van der Waals surface area contributed by atoms with E-state index in [9.17, 15) is 14.0 Å². The number of likely N-dealkylation sites (N-methyl/N-ethyl adjacent to an activating group) is 1. The molecule has 28 heavy (non-hydrogen) atoms. The normalized spacial score (nSPS) is 17.5. The molecule has 0 radical (unpaired) electrons. The molecule has 1 heterocycles. The predicted octanol–water partition coefficient (Wildman–Crippen LogP) is 1.61. The van der Waals surface area contributed by atoms with Gasteiger partial charge in [0.15, 0.2) is 0 Å². The van der Waals surface area contributed by atoms with E-state index in [1.54, 1.807) is 12.1 Å². The van der Waals surface area contributed by atoms with Crippen molar-refractivity contribution in [3.05, 3.63) is 30.1 Å². The molecule has 7 nitrogen and oxygen atoms in total. The van der Waals surface area contributed by atoms with E-state index in [4.69, 9.17) is 9.84 Å². The third-order valence-electron chi connectivity index (χ3n) is 4.67. The van der Waals surface area contributed by atoms with E-state index in [-0.39, 0.29) is 36.7 Å². The molecule has 1 atom stereocenters. The lowest BCUT2D eigenvalue weighted by atomic mass is 10.1. The Labute approximate surface area is 171 Å². The summed E-state index contributed by atoms with van der Waals surface area (Å²) in [6, 6.07) is 5.99. The zero-order valence-corrected chi connectivity index (χ0v) is 16.9. The van der Waals surface area contributed by atoms with Crippen LogP contribution in [0.5, 0.6) is 5.75 Å². The molecular weight excluding hydrogens is 389 g/mol. The Balaban J connectivity index is 0.00000392. The van der Waals surface area contributed by atoms with Gasteiger partial charge in [0.2, 0.25) is 5.91 Å². The third kappa shape index (κ3) is 8.86. The Hall–Kier alpha value is -1.90. The molecular formula is C19H29ClFN3O4. The average molecular weight is 418 g/mol. The Morgan fingerprint density at radius 1 is 1.29 bits per heavy atom. The topological polar surface area (TPSA) is 82.1 Å². The van der Waals surface area contributed by atoms with E-state index < -0.39 is 5.97 Å². The van der Waals surface area contributed by atoms with Crippen LogP contribution < -0.4 is 10.1 Å². The zero-order valence-electron chi connectivity index (χ0n) is 16.1. The molecule has 9 heteroatoms. The summed E-state index contributed by atoms with van der Waals surface area (Å²) in [4.78, 5) is 26.9. The van der Waals surface area contributed by atoms with Crippen molar-refractivity contribution in [3.63, 3.8) is 0 Å². The SMILES string of the molecule is CN(CC(=O)O)C1CCCN(CC(=O)NCCOc2ccc(F)cc2)CC1.Cl. The highest BCUT2D eigenvalue weighted by molar-refractivity contribution is 5.85. The number of hydrogen-bond donors (Lipinski definition) is 2. The first-order valence-corrected chi connectivity index (χ1v) is 9.23. The molecule has 0 aromatic heterocycles. The summed E-state index contributed by atoms with van der Waals surface area (Å²) in [6.45, 7) is 2.67. The number of nitrogens with zero attached hydrogens (tertiary/aromatic N) is 2. The van der Waals surface area contributed by atoms with Gasteiger partial charge >= 0.3 is 5.97 Å². The molecule has 0 saturated carbocycles. The number of carbonyl (C=O) groups is 2.